The molecule has 36 heavy (non-hydrogen) atoms. The van der Waals surface area contributed by atoms with E-state index in [1.54, 1.807) is 14.2 Å². The van der Waals surface area contributed by atoms with Gasteiger partial charge in [-0.15, -0.1) is 0 Å². The molecule has 5 heteroatoms. The van der Waals surface area contributed by atoms with Crippen LogP contribution in [-0.4, -0.2) is 53.6 Å². The van der Waals surface area contributed by atoms with E-state index in [-0.39, 0.29) is 34.7 Å². The predicted molar refractivity (Wildman–Crippen MR) is 141 cm³/mol. The third-order valence-electron chi connectivity index (χ3n) is 12.9. The Morgan fingerprint density at radius 2 is 1.69 bits per heavy atom. The number of hydrogen-bond acceptors (Lipinski definition) is 5. The van der Waals surface area contributed by atoms with Gasteiger partial charge in [0.1, 0.15) is 0 Å². The highest BCUT2D eigenvalue weighted by Crippen LogP contribution is 2.69. The van der Waals surface area contributed by atoms with Crippen LogP contribution in [0.25, 0.3) is 0 Å². The van der Waals surface area contributed by atoms with Crippen molar-refractivity contribution in [1.82, 2.24) is 0 Å². The Bertz CT molecular complexity index is 839. The summed E-state index contributed by atoms with van der Waals surface area (Å²) >= 11 is 0. The molecule has 5 aliphatic rings. The van der Waals surface area contributed by atoms with E-state index in [0.717, 1.165) is 68.8 Å². The van der Waals surface area contributed by atoms with Crippen LogP contribution in [0.15, 0.2) is 12.2 Å². The molecule has 5 nitrogen and oxygen atoms in total. The Morgan fingerprint density at radius 1 is 1.03 bits per heavy atom. The van der Waals surface area contributed by atoms with E-state index < -0.39 is 18.0 Å². The SMILES string of the molecule is C=C([C@H](O)C[C@@H](C)[C@@H]1C[C@H]1C)[C@H]1CC[C@H]2[C@@H]3[C@H](O)C[C@H]4CC(OC)(OC)CC[C@]4(C)[C@H]3C[C@@H](O)[C@]12C. The quantitative estimate of drug-likeness (QED) is 0.329. The average molecular weight is 505 g/mol. The fraction of sp³-hybridized carbons (Fsp3) is 0.935. The number of aliphatic hydroxyl groups excluding tert-OH is 3. The van der Waals surface area contributed by atoms with Crippen molar-refractivity contribution in [3.05, 3.63) is 12.2 Å². The molecule has 5 aliphatic carbocycles. The summed E-state index contributed by atoms with van der Waals surface area (Å²) in [6, 6.07) is 0. The molecule has 0 radical (unpaired) electrons. The van der Waals surface area contributed by atoms with Crippen LogP contribution < -0.4 is 0 Å². The Hall–Kier alpha value is -0.460. The first-order valence-electron chi connectivity index (χ1n) is 14.7. The molecule has 0 aromatic rings. The smallest absolute Gasteiger partial charge is 0.167 e. The first-order chi connectivity index (χ1) is 16.9. The van der Waals surface area contributed by atoms with Crippen LogP contribution in [0.2, 0.25) is 0 Å². The standard InChI is InChI=1S/C31H52O5/c1-17-12-21(17)18(2)13-25(32)19(3)22-8-9-23-28-24(15-27(34)30(22,23)5)29(4)10-11-31(35-6,36-7)16-20(29)14-26(28)33/h17-18,20-28,32-34H,3,8-16H2,1-2,4-7H3/t17-,18-,20+,21-,22-,23+,24+,25-,26-,27-,28+,29+,30-/m1/s1. The number of methoxy groups -OCH3 is 2. The van der Waals surface area contributed by atoms with Crippen molar-refractivity contribution in [2.45, 2.75) is 110 Å². The number of fused-ring (bicyclic) bond motifs is 5. The first-order valence-corrected chi connectivity index (χ1v) is 14.7. The zero-order valence-corrected chi connectivity index (χ0v) is 23.6. The summed E-state index contributed by atoms with van der Waals surface area (Å²) in [6.45, 7) is 13.7. The largest absolute Gasteiger partial charge is 0.393 e. The van der Waals surface area contributed by atoms with Gasteiger partial charge in [-0.2, -0.15) is 0 Å². The second kappa shape index (κ2) is 9.33. The maximum Gasteiger partial charge on any atom is 0.167 e. The van der Waals surface area contributed by atoms with Crippen LogP contribution in [0.1, 0.15) is 85.5 Å². The molecule has 5 rings (SSSR count). The molecule has 0 saturated heterocycles. The van der Waals surface area contributed by atoms with Crippen LogP contribution in [0, 0.1) is 58.2 Å². The minimum Gasteiger partial charge on any atom is -0.393 e. The second-order valence-corrected chi connectivity index (χ2v) is 14.2. The summed E-state index contributed by atoms with van der Waals surface area (Å²) in [7, 11) is 3.46. The van der Waals surface area contributed by atoms with E-state index in [9.17, 15) is 15.3 Å². The van der Waals surface area contributed by atoms with E-state index in [4.69, 9.17) is 9.47 Å². The zero-order valence-electron chi connectivity index (χ0n) is 23.6. The molecule has 0 bridgehead atoms. The molecular weight excluding hydrogens is 452 g/mol. The Morgan fingerprint density at radius 3 is 2.31 bits per heavy atom. The van der Waals surface area contributed by atoms with Crippen molar-refractivity contribution in [1.29, 1.82) is 0 Å². The van der Waals surface area contributed by atoms with Crippen molar-refractivity contribution in [3.8, 4) is 0 Å². The monoisotopic (exact) mass is 504 g/mol. The van der Waals surface area contributed by atoms with Crippen molar-refractivity contribution in [2.75, 3.05) is 14.2 Å². The number of ether oxygens (including phenoxy) is 2. The molecule has 3 N–H and O–H groups in total. The van der Waals surface area contributed by atoms with Crippen LogP contribution in [0.4, 0.5) is 0 Å². The molecule has 0 heterocycles. The fourth-order valence-electron chi connectivity index (χ4n) is 10.2. The van der Waals surface area contributed by atoms with E-state index in [0.29, 0.717) is 17.8 Å². The lowest BCUT2D eigenvalue weighted by Crippen LogP contribution is -2.63. The summed E-state index contributed by atoms with van der Waals surface area (Å²) in [6.07, 6.45) is 6.84. The zero-order chi connectivity index (χ0) is 26.2. The van der Waals surface area contributed by atoms with E-state index in [1.165, 1.54) is 6.42 Å². The summed E-state index contributed by atoms with van der Waals surface area (Å²) in [5, 5.41) is 34.7. The molecule has 206 valence electrons. The van der Waals surface area contributed by atoms with Crippen molar-refractivity contribution < 1.29 is 24.8 Å². The highest BCUT2D eigenvalue weighted by atomic mass is 16.7. The van der Waals surface area contributed by atoms with Crippen LogP contribution in [0.3, 0.4) is 0 Å². The van der Waals surface area contributed by atoms with Crippen LogP contribution in [0.5, 0.6) is 0 Å². The number of rotatable bonds is 7. The summed E-state index contributed by atoms with van der Waals surface area (Å²) in [5.74, 6) is 2.63. The van der Waals surface area contributed by atoms with E-state index in [1.807, 2.05) is 0 Å². The van der Waals surface area contributed by atoms with Gasteiger partial charge in [0.2, 0.25) is 0 Å². The minimum absolute atomic E-state index is 0.0672. The molecule has 5 saturated carbocycles. The molecule has 0 aromatic carbocycles. The van der Waals surface area contributed by atoms with Gasteiger partial charge in [-0.25, -0.2) is 0 Å². The van der Waals surface area contributed by atoms with Gasteiger partial charge in [0, 0.05) is 32.5 Å². The highest BCUT2D eigenvalue weighted by molar-refractivity contribution is 5.22. The third kappa shape index (κ3) is 3.97. The lowest BCUT2D eigenvalue weighted by molar-refractivity contribution is -0.274. The van der Waals surface area contributed by atoms with Gasteiger partial charge in [0.15, 0.2) is 5.79 Å². The predicted octanol–water partition coefficient (Wildman–Crippen LogP) is 5.18. The maximum absolute atomic E-state index is 11.8. The van der Waals surface area contributed by atoms with Gasteiger partial charge in [0.05, 0.1) is 18.3 Å². The number of aliphatic hydroxyl groups is 3. The average Bonchev–Trinajstić information content (AvgIpc) is 3.48. The van der Waals surface area contributed by atoms with Gasteiger partial charge in [-0.1, -0.05) is 34.3 Å². The second-order valence-electron chi connectivity index (χ2n) is 14.2. The Kier molecular flexibility index (Phi) is 7.03. The van der Waals surface area contributed by atoms with Gasteiger partial charge in [-0.05, 0) is 103 Å². The summed E-state index contributed by atoms with van der Waals surface area (Å²) in [4.78, 5) is 0. The van der Waals surface area contributed by atoms with E-state index in [2.05, 4.69) is 34.3 Å². The van der Waals surface area contributed by atoms with Crippen molar-refractivity contribution in [2.24, 2.45) is 58.2 Å². The van der Waals surface area contributed by atoms with Gasteiger partial charge in [-0.3, -0.25) is 0 Å². The Labute approximate surface area is 219 Å². The fourth-order valence-corrected chi connectivity index (χ4v) is 10.2. The van der Waals surface area contributed by atoms with Crippen molar-refractivity contribution >= 4 is 0 Å². The molecule has 0 amide bonds. The topological polar surface area (TPSA) is 79.2 Å². The molecular formula is C31H52O5. The Balaban J connectivity index is 1.36. The molecule has 0 unspecified atom stereocenters. The van der Waals surface area contributed by atoms with Gasteiger partial charge in [0.25, 0.3) is 0 Å². The van der Waals surface area contributed by atoms with E-state index >= 15 is 0 Å². The molecule has 0 spiro atoms. The first kappa shape index (κ1) is 27.1. The van der Waals surface area contributed by atoms with Crippen molar-refractivity contribution in [3.63, 3.8) is 0 Å². The molecule has 0 aromatic heterocycles. The third-order valence-corrected chi connectivity index (χ3v) is 12.9. The lowest BCUT2D eigenvalue weighted by atomic mass is 9.43. The number of hydrogen-bond donors (Lipinski definition) is 3. The summed E-state index contributed by atoms with van der Waals surface area (Å²) < 4.78 is 11.7. The van der Waals surface area contributed by atoms with Gasteiger partial charge >= 0.3 is 0 Å². The van der Waals surface area contributed by atoms with Crippen LogP contribution in [-0.2, 0) is 9.47 Å². The molecule has 5 fully saturated rings. The van der Waals surface area contributed by atoms with Gasteiger partial charge < -0.3 is 24.8 Å². The van der Waals surface area contributed by atoms with Crippen LogP contribution >= 0.6 is 0 Å². The minimum atomic E-state index is -0.555. The maximum atomic E-state index is 11.8. The highest BCUT2D eigenvalue weighted by Gasteiger charge is 2.66. The normalized spacial score (nSPS) is 51.0. The summed E-state index contributed by atoms with van der Waals surface area (Å²) in [5.41, 5.74) is 0.657. The molecule has 13 atom stereocenters. The lowest BCUT2D eigenvalue weighted by Gasteiger charge is -2.64. The molecule has 0 aliphatic heterocycles.